The van der Waals surface area contributed by atoms with Gasteiger partial charge in [-0.2, -0.15) is 0 Å². The Balaban J connectivity index is 0.00000704. The fourth-order valence-electron chi connectivity index (χ4n) is 4.09. The number of methoxy groups -OCH3 is 2. The van der Waals surface area contributed by atoms with Crippen molar-refractivity contribution in [3.8, 4) is 11.5 Å². The normalized spacial score (nSPS) is 13.3. The zero-order valence-electron chi connectivity index (χ0n) is 26.3. The van der Waals surface area contributed by atoms with Gasteiger partial charge in [-0.25, -0.2) is 4.79 Å². The molecule has 2 atom stereocenters. The van der Waals surface area contributed by atoms with Gasteiger partial charge in [-0.05, 0) is 32.4 Å². The molecule has 2 N–H and O–H groups in total. The molecule has 2 amide bonds. The van der Waals surface area contributed by atoms with E-state index in [1.165, 1.54) is 4.90 Å². The van der Waals surface area contributed by atoms with E-state index in [1.807, 2.05) is 60.6 Å². The van der Waals surface area contributed by atoms with Crippen molar-refractivity contribution < 1.29 is 28.6 Å². The molecule has 0 fully saturated rings. The van der Waals surface area contributed by atoms with E-state index in [0.29, 0.717) is 17.1 Å². The Morgan fingerprint density at radius 3 is 2.08 bits per heavy atom. The Kier molecular flexibility index (Phi) is 14.9. The third-order valence-corrected chi connectivity index (χ3v) is 6.42. The second-order valence-electron chi connectivity index (χ2n) is 10.6. The highest BCUT2D eigenvalue weighted by molar-refractivity contribution is 5.91. The van der Waals surface area contributed by atoms with Crippen molar-refractivity contribution in [1.82, 2.24) is 15.5 Å². The molecule has 1 rings (SSSR count). The maximum atomic E-state index is 13.6. The number of esters is 1. The first-order valence-electron chi connectivity index (χ1n) is 13.4. The van der Waals surface area contributed by atoms with Crippen LogP contribution in [0.1, 0.15) is 67.9 Å². The van der Waals surface area contributed by atoms with Crippen LogP contribution in [0.25, 0.3) is 0 Å². The number of nitrogens with one attached hydrogen (secondary N) is 2. The third-order valence-electron chi connectivity index (χ3n) is 6.42. The molecule has 0 aromatic heterocycles. The number of rotatable bonds is 12. The summed E-state index contributed by atoms with van der Waals surface area (Å²) >= 11 is 0. The third kappa shape index (κ3) is 9.88. The summed E-state index contributed by atoms with van der Waals surface area (Å²) in [4.78, 5) is 40.5. The Bertz CT molecular complexity index is 981. The maximum Gasteiger partial charge on any atom is 0.333 e. The summed E-state index contributed by atoms with van der Waals surface area (Å²) in [6, 6.07) is 4.01. The molecule has 0 bridgehead atoms. The second kappa shape index (κ2) is 16.1. The molecule has 39 heavy (non-hydrogen) atoms. The van der Waals surface area contributed by atoms with Crippen LogP contribution in [0.2, 0.25) is 0 Å². The molecule has 0 aliphatic carbocycles. The van der Waals surface area contributed by atoms with E-state index in [0.717, 1.165) is 5.56 Å². The van der Waals surface area contributed by atoms with Crippen LogP contribution in [0, 0.1) is 5.41 Å². The van der Waals surface area contributed by atoms with Crippen LogP contribution < -0.4 is 20.1 Å². The van der Waals surface area contributed by atoms with Crippen LogP contribution in [-0.2, 0) is 24.5 Å². The van der Waals surface area contributed by atoms with Gasteiger partial charge in [-0.15, -0.1) is 0 Å². The van der Waals surface area contributed by atoms with Crippen LogP contribution in [0.4, 0.5) is 0 Å². The highest BCUT2D eigenvalue weighted by Crippen LogP contribution is 2.37. The molecule has 0 aliphatic heterocycles. The van der Waals surface area contributed by atoms with E-state index in [2.05, 4.69) is 10.6 Å². The van der Waals surface area contributed by atoms with Crippen molar-refractivity contribution in [3.05, 3.63) is 35.4 Å². The minimum Gasteiger partial charge on any atom is -0.497 e. The zero-order valence-corrected chi connectivity index (χ0v) is 26.3. The molecule has 0 spiro atoms. The van der Waals surface area contributed by atoms with Crippen molar-refractivity contribution in [2.24, 2.45) is 5.41 Å². The lowest BCUT2D eigenvalue weighted by molar-refractivity contribution is -0.139. The molecule has 9 nitrogen and oxygen atoms in total. The topological polar surface area (TPSA) is 106 Å². The number of benzene rings is 1. The van der Waals surface area contributed by atoms with Crippen molar-refractivity contribution in [3.63, 3.8) is 0 Å². The van der Waals surface area contributed by atoms with Crippen molar-refractivity contribution >= 4 is 17.8 Å². The number of ether oxygens (including phenoxy) is 3. The summed E-state index contributed by atoms with van der Waals surface area (Å²) in [5.74, 6) is 0.255. The maximum absolute atomic E-state index is 13.6. The lowest BCUT2D eigenvalue weighted by Crippen LogP contribution is -2.60. The smallest absolute Gasteiger partial charge is 0.333 e. The summed E-state index contributed by atoms with van der Waals surface area (Å²) in [7, 11) is 6.51. The summed E-state index contributed by atoms with van der Waals surface area (Å²) in [5, 5.41) is 6.11. The van der Waals surface area contributed by atoms with Crippen molar-refractivity contribution in [1.29, 1.82) is 0 Å². The number of carbonyl (C=O) groups is 3. The number of hydrogen-bond donors (Lipinski definition) is 2. The van der Waals surface area contributed by atoms with Gasteiger partial charge in [0, 0.05) is 36.2 Å². The van der Waals surface area contributed by atoms with Crippen LogP contribution in [0.15, 0.2) is 29.8 Å². The van der Waals surface area contributed by atoms with E-state index >= 15 is 0 Å². The average Bonchev–Trinajstić information content (AvgIpc) is 2.90. The number of amides is 2. The van der Waals surface area contributed by atoms with Gasteiger partial charge in [0.1, 0.15) is 17.5 Å². The van der Waals surface area contributed by atoms with Gasteiger partial charge < -0.3 is 29.7 Å². The highest BCUT2D eigenvalue weighted by Gasteiger charge is 2.41. The first-order valence-corrected chi connectivity index (χ1v) is 13.4. The van der Waals surface area contributed by atoms with Crippen LogP contribution in [-0.4, -0.2) is 76.2 Å². The largest absolute Gasteiger partial charge is 0.497 e. The second-order valence-corrected chi connectivity index (χ2v) is 10.6. The Morgan fingerprint density at radius 1 is 1.03 bits per heavy atom. The highest BCUT2D eigenvalue weighted by atomic mass is 16.5. The fourth-order valence-corrected chi connectivity index (χ4v) is 4.09. The van der Waals surface area contributed by atoms with Gasteiger partial charge in [-0.1, -0.05) is 60.6 Å². The molecule has 0 saturated heterocycles. The summed E-state index contributed by atoms with van der Waals surface area (Å²) in [6.07, 6.45) is 1.65. The number of hydrogen-bond acceptors (Lipinski definition) is 7. The molecule has 1 aromatic carbocycles. The van der Waals surface area contributed by atoms with Crippen LogP contribution >= 0.6 is 0 Å². The molecular formula is C30H51N3O6. The standard InChI is InChI=1S/C28H45N3O6.C2H6/c1-12-37-26(34)18(2)15-16-31(9)25(33)23(27(3,4)5)30-24(32)22(29-8)28(6,7)20-14-13-19(35-10)17-21(20)36-11;1-2/h13-15,17,22-23,29H,12,16H2,1-11H3,(H,30,32);1-2H3/b18-15+;. The van der Waals surface area contributed by atoms with Gasteiger partial charge in [0.05, 0.1) is 26.9 Å². The van der Waals surface area contributed by atoms with Gasteiger partial charge in [0.25, 0.3) is 0 Å². The summed E-state index contributed by atoms with van der Waals surface area (Å²) in [5.41, 5.74) is -0.0297. The van der Waals surface area contributed by atoms with Gasteiger partial charge >= 0.3 is 5.97 Å². The lowest BCUT2D eigenvalue weighted by Gasteiger charge is -2.38. The number of carbonyl (C=O) groups excluding carboxylic acids is 3. The van der Waals surface area contributed by atoms with Crippen LogP contribution in [0.3, 0.4) is 0 Å². The average molecular weight is 550 g/mol. The van der Waals surface area contributed by atoms with Gasteiger partial charge in [0.15, 0.2) is 0 Å². The lowest BCUT2D eigenvalue weighted by atomic mass is 9.76. The first-order chi connectivity index (χ1) is 18.1. The van der Waals surface area contributed by atoms with E-state index in [9.17, 15) is 14.4 Å². The number of likely N-dealkylation sites (N-methyl/N-ethyl adjacent to an activating group) is 2. The summed E-state index contributed by atoms with van der Waals surface area (Å²) in [6.45, 7) is 17.5. The Hall–Kier alpha value is -3.07. The molecule has 9 heteroatoms. The van der Waals surface area contributed by atoms with Gasteiger partial charge in [0.2, 0.25) is 11.8 Å². The predicted octanol–water partition coefficient (Wildman–Crippen LogP) is 4.09. The molecule has 2 unspecified atom stereocenters. The minimum absolute atomic E-state index is 0.204. The van der Waals surface area contributed by atoms with Crippen molar-refractivity contribution in [2.75, 3.05) is 41.5 Å². The fraction of sp³-hybridized carbons (Fsp3) is 0.633. The first kappa shape index (κ1) is 35.9. The van der Waals surface area contributed by atoms with E-state index in [-0.39, 0.29) is 25.0 Å². The molecule has 1 aromatic rings. The quantitative estimate of drug-likeness (QED) is 0.299. The van der Waals surface area contributed by atoms with Crippen molar-refractivity contribution in [2.45, 2.75) is 79.8 Å². The molecular weight excluding hydrogens is 498 g/mol. The Labute approximate surface area is 235 Å². The number of nitrogens with zero attached hydrogens (tertiary/aromatic N) is 1. The Morgan fingerprint density at radius 2 is 1.62 bits per heavy atom. The minimum atomic E-state index is -0.800. The van der Waals surface area contributed by atoms with E-state index in [1.54, 1.807) is 54.3 Å². The predicted molar refractivity (Wildman–Crippen MR) is 156 cm³/mol. The SMILES string of the molecule is CC.CCOC(=O)/C(C)=C/CN(C)C(=O)C(NC(=O)C(NC)C(C)(C)c1ccc(OC)cc1OC)C(C)(C)C. The molecule has 222 valence electrons. The van der Waals surface area contributed by atoms with Gasteiger partial charge in [-0.3, -0.25) is 9.59 Å². The molecule has 0 saturated carbocycles. The molecule has 0 aliphatic rings. The van der Waals surface area contributed by atoms with E-state index in [4.69, 9.17) is 14.2 Å². The zero-order chi connectivity index (χ0) is 30.6. The summed E-state index contributed by atoms with van der Waals surface area (Å²) < 4.78 is 15.9. The molecule has 0 radical (unpaired) electrons. The monoisotopic (exact) mass is 549 g/mol. The van der Waals surface area contributed by atoms with Crippen LogP contribution in [0.5, 0.6) is 11.5 Å². The molecule has 0 heterocycles. The van der Waals surface area contributed by atoms with E-state index < -0.39 is 28.9 Å².